The van der Waals surface area contributed by atoms with Crippen molar-refractivity contribution >= 4 is 27.7 Å². The fourth-order valence-corrected chi connectivity index (χ4v) is 2.89. The second kappa shape index (κ2) is 6.44. The third-order valence-electron chi connectivity index (χ3n) is 3.96. The highest BCUT2D eigenvalue weighted by Crippen LogP contribution is 2.24. The Balaban J connectivity index is 1.70. The van der Waals surface area contributed by atoms with Crippen LogP contribution >= 0.6 is 15.9 Å². The molecule has 1 aromatic heterocycles. The topological polar surface area (TPSA) is 66.3 Å². The lowest BCUT2D eigenvalue weighted by Gasteiger charge is -2.30. The number of hydrogen-bond donors (Lipinski definition) is 1. The molecule has 114 valence electrons. The lowest BCUT2D eigenvalue weighted by molar-refractivity contribution is -0.142. The van der Waals surface area contributed by atoms with E-state index in [1.165, 1.54) is 0 Å². The van der Waals surface area contributed by atoms with Gasteiger partial charge in [0.15, 0.2) is 5.82 Å². The lowest BCUT2D eigenvalue weighted by atomic mass is 9.97. The molecule has 0 amide bonds. The maximum absolute atomic E-state index is 11.0. The predicted octanol–water partition coefficient (Wildman–Crippen LogP) is 3.21. The summed E-state index contributed by atoms with van der Waals surface area (Å²) in [6, 6.07) is 11.8. The van der Waals surface area contributed by atoms with Gasteiger partial charge in [-0.1, -0.05) is 28.1 Å². The van der Waals surface area contributed by atoms with Gasteiger partial charge in [-0.05, 0) is 37.1 Å². The van der Waals surface area contributed by atoms with Crippen LogP contribution < -0.4 is 4.90 Å². The summed E-state index contributed by atoms with van der Waals surface area (Å²) in [7, 11) is 0. The number of benzene rings is 1. The summed E-state index contributed by atoms with van der Waals surface area (Å²) in [6.45, 7) is 1.42. The van der Waals surface area contributed by atoms with E-state index < -0.39 is 5.97 Å². The maximum Gasteiger partial charge on any atom is 0.306 e. The minimum Gasteiger partial charge on any atom is -0.481 e. The van der Waals surface area contributed by atoms with E-state index in [0.29, 0.717) is 25.9 Å². The Morgan fingerprint density at radius 2 is 1.77 bits per heavy atom. The minimum atomic E-state index is -0.698. The lowest BCUT2D eigenvalue weighted by Crippen LogP contribution is -2.36. The molecule has 3 rings (SSSR count). The molecule has 1 aliphatic heterocycles. The molecule has 2 heterocycles. The fraction of sp³-hybridized carbons (Fsp3) is 0.312. The van der Waals surface area contributed by atoms with Crippen molar-refractivity contribution in [3.8, 4) is 11.3 Å². The largest absolute Gasteiger partial charge is 0.481 e. The van der Waals surface area contributed by atoms with Gasteiger partial charge in [-0.15, -0.1) is 10.2 Å². The zero-order valence-corrected chi connectivity index (χ0v) is 13.5. The molecular formula is C16H16BrN3O2. The Morgan fingerprint density at radius 1 is 1.09 bits per heavy atom. The fourth-order valence-electron chi connectivity index (χ4n) is 2.62. The van der Waals surface area contributed by atoms with Crippen molar-refractivity contribution in [2.75, 3.05) is 18.0 Å². The van der Waals surface area contributed by atoms with Gasteiger partial charge in [0.25, 0.3) is 0 Å². The van der Waals surface area contributed by atoms with Crippen LogP contribution in [0.15, 0.2) is 40.9 Å². The van der Waals surface area contributed by atoms with Crippen molar-refractivity contribution in [3.05, 3.63) is 40.9 Å². The first-order valence-electron chi connectivity index (χ1n) is 7.21. The van der Waals surface area contributed by atoms with E-state index in [-0.39, 0.29) is 5.92 Å². The average Bonchev–Trinajstić information content (AvgIpc) is 2.56. The summed E-state index contributed by atoms with van der Waals surface area (Å²) in [5.41, 5.74) is 1.85. The first kappa shape index (κ1) is 15.0. The van der Waals surface area contributed by atoms with Crippen molar-refractivity contribution < 1.29 is 9.90 Å². The summed E-state index contributed by atoms with van der Waals surface area (Å²) in [5.74, 6) is -0.118. The van der Waals surface area contributed by atoms with Gasteiger partial charge in [-0.2, -0.15) is 0 Å². The van der Waals surface area contributed by atoms with Gasteiger partial charge in [-0.3, -0.25) is 4.79 Å². The second-order valence-corrected chi connectivity index (χ2v) is 6.30. The normalized spacial score (nSPS) is 15.8. The van der Waals surface area contributed by atoms with Gasteiger partial charge in [0.2, 0.25) is 0 Å². The Labute approximate surface area is 137 Å². The molecule has 1 fully saturated rings. The Kier molecular flexibility index (Phi) is 4.38. The van der Waals surface area contributed by atoms with Gasteiger partial charge in [0.1, 0.15) is 0 Å². The zero-order valence-electron chi connectivity index (χ0n) is 11.9. The molecule has 22 heavy (non-hydrogen) atoms. The third kappa shape index (κ3) is 3.27. The van der Waals surface area contributed by atoms with Crippen LogP contribution in [0.2, 0.25) is 0 Å². The van der Waals surface area contributed by atoms with Crippen LogP contribution in [-0.2, 0) is 4.79 Å². The molecule has 0 spiro atoms. The van der Waals surface area contributed by atoms with Gasteiger partial charge in [0.05, 0.1) is 11.6 Å². The highest BCUT2D eigenvalue weighted by Gasteiger charge is 2.25. The molecule has 1 aliphatic rings. The number of anilines is 1. The first-order chi connectivity index (χ1) is 10.6. The van der Waals surface area contributed by atoms with Gasteiger partial charge in [0, 0.05) is 23.1 Å². The van der Waals surface area contributed by atoms with Crippen molar-refractivity contribution in [2.45, 2.75) is 12.8 Å². The number of carboxylic acid groups (broad SMARTS) is 1. The number of rotatable bonds is 3. The van der Waals surface area contributed by atoms with Crippen molar-refractivity contribution in [1.82, 2.24) is 10.2 Å². The monoisotopic (exact) mass is 361 g/mol. The van der Waals surface area contributed by atoms with E-state index >= 15 is 0 Å². The van der Waals surface area contributed by atoms with Gasteiger partial charge in [-0.25, -0.2) is 0 Å². The van der Waals surface area contributed by atoms with Crippen LogP contribution in [0.4, 0.5) is 5.82 Å². The standard InChI is InChI=1S/C16H16BrN3O2/c17-13-3-1-11(2-4-13)14-5-6-15(19-18-14)20-9-7-12(8-10-20)16(21)22/h1-6,12H,7-10H2,(H,21,22). The number of aliphatic carboxylic acids is 1. The molecule has 5 nitrogen and oxygen atoms in total. The Bertz CT molecular complexity index is 650. The van der Waals surface area contributed by atoms with Crippen LogP contribution in [0.5, 0.6) is 0 Å². The maximum atomic E-state index is 11.0. The van der Waals surface area contributed by atoms with E-state index in [2.05, 4.69) is 31.0 Å². The molecule has 0 radical (unpaired) electrons. The number of piperidine rings is 1. The molecule has 0 atom stereocenters. The minimum absolute atomic E-state index is 0.230. The number of halogens is 1. The number of hydrogen-bond acceptors (Lipinski definition) is 4. The Morgan fingerprint density at radius 3 is 2.32 bits per heavy atom. The summed E-state index contributed by atoms with van der Waals surface area (Å²) in [4.78, 5) is 13.1. The smallest absolute Gasteiger partial charge is 0.306 e. The van der Waals surface area contributed by atoms with Crippen LogP contribution in [-0.4, -0.2) is 34.4 Å². The Hall–Kier alpha value is -1.95. The quantitative estimate of drug-likeness (QED) is 0.908. The van der Waals surface area contributed by atoms with E-state index in [4.69, 9.17) is 5.11 Å². The zero-order chi connectivity index (χ0) is 15.5. The van der Waals surface area contributed by atoms with Crippen molar-refractivity contribution in [2.24, 2.45) is 5.92 Å². The van der Waals surface area contributed by atoms with Crippen LogP contribution in [0.25, 0.3) is 11.3 Å². The molecule has 0 unspecified atom stereocenters. The molecule has 0 saturated carbocycles. The van der Waals surface area contributed by atoms with E-state index in [0.717, 1.165) is 21.5 Å². The van der Waals surface area contributed by atoms with Crippen LogP contribution in [0, 0.1) is 5.92 Å². The molecule has 0 bridgehead atoms. The van der Waals surface area contributed by atoms with Gasteiger partial charge >= 0.3 is 5.97 Å². The number of nitrogens with zero attached hydrogens (tertiary/aromatic N) is 3. The summed E-state index contributed by atoms with van der Waals surface area (Å²) in [5, 5.41) is 17.6. The van der Waals surface area contributed by atoms with Crippen LogP contribution in [0.3, 0.4) is 0 Å². The highest BCUT2D eigenvalue weighted by molar-refractivity contribution is 9.10. The van der Waals surface area contributed by atoms with E-state index in [1.54, 1.807) is 0 Å². The molecule has 2 aromatic rings. The molecular weight excluding hydrogens is 346 g/mol. The molecule has 0 aliphatic carbocycles. The summed E-state index contributed by atoms with van der Waals surface area (Å²) in [6.07, 6.45) is 1.32. The summed E-state index contributed by atoms with van der Waals surface area (Å²) >= 11 is 3.41. The molecule has 6 heteroatoms. The van der Waals surface area contributed by atoms with Crippen LogP contribution in [0.1, 0.15) is 12.8 Å². The molecule has 1 saturated heterocycles. The second-order valence-electron chi connectivity index (χ2n) is 5.38. The first-order valence-corrected chi connectivity index (χ1v) is 8.00. The van der Waals surface area contributed by atoms with Crippen molar-refractivity contribution in [3.63, 3.8) is 0 Å². The van der Waals surface area contributed by atoms with E-state index in [1.807, 2.05) is 36.4 Å². The predicted molar refractivity (Wildman–Crippen MR) is 87.7 cm³/mol. The number of carboxylic acids is 1. The number of carbonyl (C=O) groups is 1. The van der Waals surface area contributed by atoms with E-state index in [9.17, 15) is 4.79 Å². The van der Waals surface area contributed by atoms with Gasteiger partial charge < -0.3 is 10.0 Å². The highest BCUT2D eigenvalue weighted by atomic mass is 79.9. The third-order valence-corrected chi connectivity index (χ3v) is 4.49. The van der Waals surface area contributed by atoms with Crippen molar-refractivity contribution in [1.29, 1.82) is 0 Å². The molecule has 1 aromatic carbocycles. The SMILES string of the molecule is O=C(O)C1CCN(c2ccc(-c3ccc(Br)cc3)nn2)CC1. The summed E-state index contributed by atoms with van der Waals surface area (Å²) < 4.78 is 1.03. The number of aromatic nitrogens is 2. The average molecular weight is 362 g/mol. The molecule has 1 N–H and O–H groups in total.